The summed E-state index contributed by atoms with van der Waals surface area (Å²) in [7, 11) is 0. The first-order valence-corrected chi connectivity index (χ1v) is 17.2. The fourth-order valence-corrected chi connectivity index (χ4v) is 10.7. The van der Waals surface area contributed by atoms with Crippen molar-refractivity contribution in [2.75, 3.05) is 0 Å². The molecular weight excluding hydrogens is 585 g/mol. The summed E-state index contributed by atoms with van der Waals surface area (Å²) < 4.78 is 8.35. The first-order valence-electron chi connectivity index (χ1n) is 13.9. The molecule has 9 aromatic rings. The van der Waals surface area contributed by atoms with Gasteiger partial charge in [0.15, 0.2) is 0 Å². The number of thiophene rings is 4. The van der Waals surface area contributed by atoms with Crippen LogP contribution in [0.15, 0.2) is 109 Å². The van der Waals surface area contributed by atoms with Crippen molar-refractivity contribution in [1.82, 2.24) is 0 Å². The van der Waals surface area contributed by atoms with E-state index < -0.39 is 0 Å². The van der Waals surface area contributed by atoms with Gasteiger partial charge in [0.05, 0.1) is 9.40 Å². The van der Waals surface area contributed by atoms with Crippen molar-refractivity contribution in [2.45, 2.75) is 0 Å². The van der Waals surface area contributed by atoms with E-state index in [2.05, 4.69) is 133 Å². The molecule has 0 saturated carbocycles. The zero-order chi connectivity index (χ0) is 27.6. The molecule has 4 aromatic heterocycles. The molecule has 0 aliphatic heterocycles. The maximum absolute atomic E-state index is 2.43. The van der Waals surface area contributed by atoms with Crippen LogP contribution in [0.5, 0.6) is 0 Å². The highest BCUT2D eigenvalue weighted by Crippen LogP contribution is 2.46. The fraction of sp³-hybridized carbons (Fsp3) is 0. The van der Waals surface area contributed by atoms with Gasteiger partial charge in [-0.2, -0.15) is 0 Å². The Morgan fingerprint density at radius 3 is 1.29 bits per heavy atom. The van der Waals surface area contributed by atoms with Crippen LogP contribution in [0, 0.1) is 0 Å². The average molecular weight is 607 g/mol. The largest absolute Gasteiger partial charge is 0.134 e. The van der Waals surface area contributed by atoms with Gasteiger partial charge in [0.2, 0.25) is 0 Å². The van der Waals surface area contributed by atoms with Crippen molar-refractivity contribution < 1.29 is 0 Å². The van der Waals surface area contributed by atoms with E-state index in [1.807, 2.05) is 45.3 Å². The zero-order valence-corrected chi connectivity index (χ0v) is 25.6. The smallest absolute Gasteiger partial charge is 0.0536 e. The lowest BCUT2D eigenvalue weighted by Crippen LogP contribution is -1.74. The third-order valence-corrected chi connectivity index (χ3v) is 12.6. The number of hydrogen-bond acceptors (Lipinski definition) is 4. The van der Waals surface area contributed by atoms with E-state index in [0.717, 1.165) is 0 Å². The first-order chi connectivity index (χ1) is 20.7. The van der Waals surface area contributed by atoms with Crippen LogP contribution < -0.4 is 0 Å². The summed E-state index contributed by atoms with van der Waals surface area (Å²) in [6.45, 7) is 0. The third-order valence-electron chi connectivity index (χ3n) is 7.87. The number of rotatable bonds is 4. The van der Waals surface area contributed by atoms with Crippen molar-refractivity contribution in [3.63, 3.8) is 0 Å². The lowest BCUT2D eigenvalue weighted by molar-refractivity contribution is 1.71. The molecule has 0 nitrogen and oxygen atoms in total. The van der Waals surface area contributed by atoms with Gasteiger partial charge in [-0.25, -0.2) is 0 Å². The minimum atomic E-state index is 1.24. The maximum Gasteiger partial charge on any atom is 0.0536 e. The second-order valence-electron chi connectivity index (χ2n) is 10.6. The molecule has 0 saturated heterocycles. The quantitative estimate of drug-likeness (QED) is 0.187. The summed E-state index contributed by atoms with van der Waals surface area (Å²) in [4.78, 5) is 2.61. The summed E-state index contributed by atoms with van der Waals surface area (Å²) >= 11 is 7.65. The minimum absolute atomic E-state index is 1.24. The Morgan fingerprint density at radius 2 is 0.810 bits per heavy atom. The SMILES string of the molecule is C(=C\c1cc2sc3cc4c(cc3c2s1)sc1cc(/C=C/c2ccc3ccccc3c2)sc14)/c1ccc2ccccc2c1. The van der Waals surface area contributed by atoms with Gasteiger partial charge in [-0.15, -0.1) is 45.3 Å². The molecule has 5 aromatic carbocycles. The van der Waals surface area contributed by atoms with Crippen LogP contribution in [-0.4, -0.2) is 0 Å². The Bertz CT molecular complexity index is 2350. The van der Waals surface area contributed by atoms with Gasteiger partial charge in [0.1, 0.15) is 0 Å². The van der Waals surface area contributed by atoms with Crippen molar-refractivity contribution >= 4 is 130 Å². The third kappa shape index (κ3) is 4.22. The Labute approximate surface area is 258 Å². The zero-order valence-electron chi connectivity index (χ0n) is 22.3. The van der Waals surface area contributed by atoms with Crippen LogP contribution >= 0.6 is 45.3 Å². The van der Waals surface area contributed by atoms with Crippen molar-refractivity contribution in [1.29, 1.82) is 0 Å². The number of benzene rings is 5. The van der Waals surface area contributed by atoms with E-state index in [9.17, 15) is 0 Å². The van der Waals surface area contributed by atoms with Gasteiger partial charge >= 0.3 is 0 Å². The molecule has 0 atom stereocenters. The van der Waals surface area contributed by atoms with Gasteiger partial charge in [-0.1, -0.05) is 84.9 Å². The summed E-state index contributed by atoms with van der Waals surface area (Å²) in [5.41, 5.74) is 2.48. The van der Waals surface area contributed by atoms with Crippen LogP contribution in [0.4, 0.5) is 0 Å². The van der Waals surface area contributed by atoms with Crippen LogP contribution in [0.1, 0.15) is 20.9 Å². The predicted octanol–water partition coefficient (Wildman–Crippen LogP) is 13.2. The monoisotopic (exact) mass is 606 g/mol. The molecule has 0 radical (unpaired) electrons. The standard InChI is InChI=1S/C38H22S4/c1-3-7-27-17-23(9-13-25(27)5-1)11-15-29-19-35-37(39-29)31-21-34-32(22-33(31)41-35)38-36(42-34)20-30(40-38)16-12-24-10-14-26-6-2-4-8-28(26)18-24/h1-22H/b15-11+,16-12+. The van der Waals surface area contributed by atoms with E-state index in [1.54, 1.807) is 0 Å². The van der Waals surface area contributed by atoms with Gasteiger partial charge < -0.3 is 0 Å². The van der Waals surface area contributed by atoms with Crippen molar-refractivity contribution in [3.05, 3.63) is 130 Å². The van der Waals surface area contributed by atoms with Crippen molar-refractivity contribution in [2.24, 2.45) is 0 Å². The fourth-order valence-electron chi connectivity index (χ4n) is 5.78. The molecular formula is C38H22S4. The molecule has 0 bridgehead atoms. The van der Waals surface area contributed by atoms with Crippen LogP contribution in [0.2, 0.25) is 0 Å². The second kappa shape index (κ2) is 9.75. The van der Waals surface area contributed by atoms with Crippen LogP contribution in [0.25, 0.3) is 84.8 Å². The molecule has 0 amide bonds. The molecule has 198 valence electrons. The van der Waals surface area contributed by atoms with E-state index in [0.29, 0.717) is 0 Å². The lowest BCUT2D eigenvalue weighted by Gasteiger charge is -1.99. The van der Waals surface area contributed by atoms with Gasteiger partial charge in [0, 0.05) is 39.3 Å². The van der Waals surface area contributed by atoms with E-state index in [4.69, 9.17) is 0 Å². The normalized spacial score (nSPS) is 12.6. The Balaban J connectivity index is 1.03. The second-order valence-corrected chi connectivity index (χ2v) is 14.9. The first kappa shape index (κ1) is 24.5. The predicted molar refractivity (Wildman–Crippen MR) is 194 cm³/mol. The van der Waals surface area contributed by atoms with Gasteiger partial charge in [-0.3, -0.25) is 0 Å². The molecule has 0 aliphatic rings. The Kier molecular flexibility index (Phi) is 5.70. The van der Waals surface area contributed by atoms with E-state index >= 15 is 0 Å². The van der Waals surface area contributed by atoms with Crippen molar-refractivity contribution in [3.8, 4) is 0 Å². The minimum Gasteiger partial charge on any atom is -0.134 e. The summed E-state index contributed by atoms with van der Waals surface area (Å²) in [6.07, 6.45) is 9.00. The molecule has 0 N–H and O–H groups in total. The Morgan fingerprint density at radius 1 is 0.357 bits per heavy atom. The molecule has 9 rings (SSSR count). The van der Waals surface area contributed by atoms with Gasteiger partial charge in [-0.05, 0) is 81.2 Å². The summed E-state index contributed by atoms with van der Waals surface area (Å²) in [5, 5.41) is 7.92. The summed E-state index contributed by atoms with van der Waals surface area (Å²) in [6, 6.07) is 40.0. The number of hydrogen-bond donors (Lipinski definition) is 0. The highest BCUT2D eigenvalue weighted by Gasteiger charge is 2.14. The van der Waals surface area contributed by atoms with E-state index in [1.165, 1.54) is 81.4 Å². The molecule has 0 aliphatic carbocycles. The van der Waals surface area contributed by atoms with E-state index in [-0.39, 0.29) is 0 Å². The molecule has 0 fully saturated rings. The lowest BCUT2D eigenvalue weighted by atomic mass is 10.1. The average Bonchev–Trinajstić information content (AvgIpc) is 3.77. The van der Waals surface area contributed by atoms with Crippen LogP contribution in [-0.2, 0) is 0 Å². The topological polar surface area (TPSA) is 0 Å². The highest BCUT2D eigenvalue weighted by atomic mass is 32.1. The Hall–Kier alpha value is -4.06. The van der Waals surface area contributed by atoms with Gasteiger partial charge in [0.25, 0.3) is 0 Å². The molecule has 4 heterocycles. The highest BCUT2D eigenvalue weighted by molar-refractivity contribution is 7.34. The molecule has 0 spiro atoms. The summed E-state index contributed by atoms with van der Waals surface area (Å²) in [5.74, 6) is 0. The molecule has 0 unspecified atom stereocenters. The molecule has 4 heteroatoms. The number of fused-ring (bicyclic) bond motifs is 8. The maximum atomic E-state index is 2.43. The molecule has 42 heavy (non-hydrogen) atoms. The van der Waals surface area contributed by atoms with Crippen LogP contribution in [0.3, 0.4) is 0 Å².